The minimum absolute atomic E-state index is 0.130. The van der Waals surface area contributed by atoms with Gasteiger partial charge in [0.2, 0.25) is 0 Å². The summed E-state index contributed by atoms with van der Waals surface area (Å²) in [4.78, 5) is 3.68. The van der Waals surface area contributed by atoms with E-state index in [1.165, 1.54) is 22.4 Å². The van der Waals surface area contributed by atoms with Crippen LogP contribution in [-0.2, 0) is 11.8 Å². The van der Waals surface area contributed by atoms with E-state index < -0.39 is 0 Å². The lowest BCUT2D eigenvalue weighted by atomic mass is 9.86. The molecule has 0 saturated carbocycles. The Morgan fingerprint density at radius 1 is 0.750 bits per heavy atom. The van der Waals surface area contributed by atoms with Gasteiger partial charge < -0.3 is 14.5 Å². The van der Waals surface area contributed by atoms with Crippen molar-refractivity contribution in [2.45, 2.75) is 32.6 Å². The van der Waals surface area contributed by atoms with Gasteiger partial charge in [-0.2, -0.15) is 0 Å². The Balaban J connectivity index is 1.78. The first-order chi connectivity index (χ1) is 15.4. The molecule has 0 bridgehead atoms. The van der Waals surface area contributed by atoms with Crippen LogP contribution in [0.25, 0.3) is 22.4 Å². The monoisotopic (exact) mass is 425 g/mol. The van der Waals surface area contributed by atoms with Crippen LogP contribution in [0.15, 0.2) is 78.9 Å². The fourth-order valence-electron chi connectivity index (χ4n) is 4.01. The van der Waals surface area contributed by atoms with Gasteiger partial charge in [0.05, 0.1) is 14.2 Å². The number of para-hydroxylation sites is 1. The molecular formula is C29H31NO2. The highest BCUT2D eigenvalue weighted by Gasteiger charge is 2.17. The summed E-state index contributed by atoms with van der Waals surface area (Å²) in [6.07, 6.45) is 0.760. The standard InChI is InChI=1S/C29H31NO2/c1-29(2,3)23-14-10-20(11-15-23)25-19-26(21-12-16-24(31-4)17-13-21)30-27(25)18-22-8-6-7-9-28(22)32-5/h6-17,19,30H,18H2,1-5H3. The number of nitrogens with one attached hydrogen (secondary N) is 1. The molecule has 1 N–H and O–H groups in total. The van der Waals surface area contributed by atoms with Gasteiger partial charge in [-0.25, -0.2) is 0 Å². The van der Waals surface area contributed by atoms with Crippen LogP contribution in [0, 0.1) is 0 Å². The number of aromatic amines is 1. The molecule has 1 heterocycles. The van der Waals surface area contributed by atoms with E-state index >= 15 is 0 Å². The molecule has 3 nitrogen and oxygen atoms in total. The lowest BCUT2D eigenvalue weighted by molar-refractivity contribution is 0.410. The van der Waals surface area contributed by atoms with E-state index in [0.717, 1.165) is 34.7 Å². The van der Waals surface area contributed by atoms with Crippen molar-refractivity contribution in [1.82, 2.24) is 4.98 Å². The zero-order valence-electron chi connectivity index (χ0n) is 19.5. The van der Waals surface area contributed by atoms with Gasteiger partial charge in [0.15, 0.2) is 0 Å². The van der Waals surface area contributed by atoms with Crippen LogP contribution >= 0.6 is 0 Å². The maximum Gasteiger partial charge on any atom is 0.122 e. The number of hydrogen-bond acceptors (Lipinski definition) is 2. The Morgan fingerprint density at radius 3 is 2.03 bits per heavy atom. The number of ether oxygens (including phenoxy) is 2. The summed E-state index contributed by atoms with van der Waals surface area (Å²) in [6.45, 7) is 6.73. The molecule has 0 fully saturated rings. The maximum absolute atomic E-state index is 5.61. The zero-order valence-corrected chi connectivity index (χ0v) is 19.5. The van der Waals surface area contributed by atoms with Crippen LogP contribution in [-0.4, -0.2) is 19.2 Å². The lowest BCUT2D eigenvalue weighted by Gasteiger charge is -2.19. The van der Waals surface area contributed by atoms with Crippen molar-refractivity contribution in [2.75, 3.05) is 14.2 Å². The highest BCUT2D eigenvalue weighted by Crippen LogP contribution is 2.34. The van der Waals surface area contributed by atoms with Gasteiger partial charge in [-0.1, -0.05) is 63.2 Å². The summed E-state index contributed by atoms with van der Waals surface area (Å²) in [7, 11) is 3.41. The van der Waals surface area contributed by atoms with Gasteiger partial charge in [0.1, 0.15) is 11.5 Å². The Labute approximate surface area is 191 Å². The number of rotatable bonds is 6. The molecule has 4 aromatic rings. The zero-order chi connectivity index (χ0) is 22.7. The van der Waals surface area contributed by atoms with Crippen molar-refractivity contribution in [1.29, 1.82) is 0 Å². The Hall–Kier alpha value is -3.46. The molecule has 32 heavy (non-hydrogen) atoms. The molecule has 0 saturated heterocycles. The van der Waals surface area contributed by atoms with Gasteiger partial charge in [0, 0.05) is 23.4 Å². The highest BCUT2D eigenvalue weighted by molar-refractivity contribution is 5.75. The summed E-state index contributed by atoms with van der Waals surface area (Å²) in [5, 5.41) is 0. The second-order valence-corrected chi connectivity index (χ2v) is 9.12. The first-order valence-corrected chi connectivity index (χ1v) is 11.0. The molecule has 1 aromatic heterocycles. The van der Waals surface area contributed by atoms with Crippen molar-refractivity contribution < 1.29 is 9.47 Å². The minimum atomic E-state index is 0.130. The molecule has 0 atom stereocenters. The van der Waals surface area contributed by atoms with Gasteiger partial charge in [-0.3, -0.25) is 0 Å². The van der Waals surface area contributed by atoms with Crippen LogP contribution in [0.5, 0.6) is 11.5 Å². The summed E-state index contributed by atoms with van der Waals surface area (Å²) < 4.78 is 10.9. The third-order valence-corrected chi connectivity index (χ3v) is 5.92. The van der Waals surface area contributed by atoms with Crippen LogP contribution in [0.4, 0.5) is 0 Å². The van der Waals surface area contributed by atoms with Crippen molar-refractivity contribution in [3.8, 4) is 33.9 Å². The van der Waals surface area contributed by atoms with Crippen molar-refractivity contribution in [3.63, 3.8) is 0 Å². The number of methoxy groups -OCH3 is 2. The van der Waals surface area contributed by atoms with E-state index in [-0.39, 0.29) is 5.41 Å². The van der Waals surface area contributed by atoms with E-state index in [9.17, 15) is 0 Å². The smallest absolute Gasteiger partial charge is 0.122 e. The number of hydrogen-bond donors (Lipinski definition) is 1. The second kappa shape index (κ2) is 8.96. The molecular weight excluding hydrogens is 394 g/mol. The van der Waals surface area contributed by atoms with E-state index in [4.69, 9.17) is 9.47 Å². The average molecular weight is 426 g/mol. The molecule has 0 unspecified atom stereocenters. The molecule has 3 heteroatoms. The second-order valence-electron chi connectivity index (χ2n) is 9.12. The van der Waals surface area contributed by atoms with Crippen molar-refractivity contribution >= 4 is 0 Å². The molecule has 0 aliphatic rings. The maximum atomic E-state index is 5.61. The average Bonchev–Trinajstić information content (AvgIpc) is 3.23. The normalized spacial score (nSPS) is 11.4. The Kier molecular flexibility index (Phi) is 6.09. The van der Waals surface area contributed by atoms with Gasteiger partial charge in [-0.05, 0) is 64.1 Å². The number of aromatic nitrogens is 1. The van der Waals surface area contributed by atoms with Crippen LogP contribution < -0.4 is 9.47 Å². The first kappa shape index (κ1) is 21.8. The molecule has 0 aliphatic carbocycles. The quantitative estimate of drug-likeness (QED) is 0.353. The molecule has 4 rings (SSSR count). The fraction of sp³-hybridized carbons (Fsp3) is 0.241. The van der Waals surface area contributed by atoms with Crippen molar-refractivity contribution in [3.05, 3.63) is 95.7 Å². The Bertz CT molecular complexity index is 1180. The summed E-state index contributed by atoms with van der Waals surface area (Å²) in [5.41, 5.74) is 8.43. The molecule has 3 aromatic carbocycles. The van der Waals surface area contributed by atoms with Crippen LogP contribution in [0.2, 0.25) is 0 Å². The molecule has 0 spiro atoms. The lowest BCUT2D eigenvalue weighted by Crippen LogP contribution is -2.10. The van der Waals surface area contributed by atoms with Gasteiger partial charge in [-0.15, -0.1) is 0 Å². The summed E-state index contributed by atoms with van der Waals surface area (Å²) in [5.74, 6) is 1.76. The predicted molar refractivity (Wildman–Crippen MR) is 133 cm³/mol. The van der Waals surface area contributed by atoms with E-state index in [2.05, 4.69) is 80.4 Å². The van der Waals surface area contributed by atoms with Crippen LogP contribution in [0.1, 0.15) is 37.6 Å². The summed E-state index contributed by atoms with van der Waals surface area (Å²) in [6, 6.07) is 27.5. The molecule has 0 radical (unpaired) electrons. The first-order valence-electron chi connectivity index (χ1n) is 11.0. The predicted octanol–water partition coefficient (Wildman–Crippen LogP) is 7.25. The number of benzene rings is 3. The van der Waals surface area contributed by atoms with E-state index in [1.807, 2.05) is 24.3 Å². The highest BCUT2D eigenvalue weighted by atomic mass is 16.5. The molecule has 164 valence electrons. The Morgan fingerprint density at radius 2 is 1.41 bits per heavy atom. The van der Waals surface area contributed by atoms with Crippen molar-refractivity contribution in [2.24, 2.45) is 0 Å². The topological polar surface area (TPSA) is 34.2 Å². The fourth-order valence-corrected chi connectivity index (χ4v) is 4.01. The van der Waals surface area contributed by atoms with Crippen LogP contribution in [0.3, 0.4) is 0 Å². The SMILES string of the molecule is COc1ccc(-c2cc(-c3ccc(C(C)(C)C)cc3)c(Cc3ccccc3OC)[nH]2)cc1. The largest absolute Gasteiger partial charge is 0.497 e. The van der Waals surface area contributed by atoms with E-state index in [0.29, 0.717) is 0 Å². The van der Waals surface area contributed by atoms with Gasteiger partial charge >= 0.3 is 0 Å². The van der Waals surface area contributed by atoms with E-state index in [1.54, 1.807) is 14.2 Å². The third-order valence-electron chi connectivity index (χ3n) is 5.92. The third kappa shape index (κ3) is 4.57. The minimum Gasteiger partial charge on any atom is -0.497 e. The molecule has 0 amide bonds. The molecule has 0 aliphatic heterocycles. The number of H-pyrrole nitrogens is 1. The summed E-state index contributed by atoms with van der Waals surface area (Å²) >= 11 is 0. The van der Waals surface area contributed by atoms with Gasteiger partial charge in [0.25, 0.3) is 0 Å².